The lowest BCUT2D eigenvalue weighted by atomic mass is 9.95. The fourth-order valence-electron chi connectivity index (χ4n) is 3.01. The third kappa shape index (κ3) is 4.22. The van der Waals surface area contributed by atoms with Crippen molar-refractivity contribution in [2.24, 2.45) is 5.41 Å². The molecule has 0 saturated heterocycles. The maximum atomic E-state index is 12.1. The molecule has 0 aliphatic heterocycles. The Morgan fingerprint density at radius 2 is 1.90 bits per heavy atom. The molecule has 0 aliphatic rings. The molecule has 6 heteroatoms. The van der Waals surface area contributed by atoms with Gasteiger partial charge in [-0.3, -0.25) is 4.79 Å². The highest BCUT2D eigenvalue weighted by atomic mass is 32.1. The van der Waals surface area contributed by atoms with E-state index < -0.39 is 5.41 Å². The van der Waals surface area contributed by atoms with Crippen LogP contribution in [0.25, 0.3) is 16.9 Å². The molecule has 1 aromatic carbocycles. The van der Waals surface area contributed by atoms with Gasteiger partial charge >= 0.3 is 0 Å². The first-order valence-corrected chi connectivity index (χ1v) is 10.5. The van der Waals surface area contributed by atoms with E-state index in [-0.39, 0.29) is 5.91 Å². The van der Waals surface area contributed by atoms with Crippen LogP contribution in [-0.2, 0) is 11.2 Å². The molecule has 0 bridgehead atoms. The molecular weight excluding hydrogens is 380 g/mol. The highest BCUT2D eigenvalue weighted by Crippen LogP contribution is 2.26. The van der Waals surface area contributed by atoms with Gasteiger partial charge < -0.3 is 9.72 Å². The van der Waals surface area contributed by atoms with Gasteiger partial charge in [0.15, 0.2) is 0 Å². The molecule has 0 radical (unpaired) electrons. The summed E-state index contributed by atoms with van der Waals surface area (Å²) in [5.41, 5.74) is 5.53. The number of hydrogen-bond donors (Lipinski definition) is 1. The Bertz CT molecular complexity index is 1170. The van der Waals surface area contributed by atoms with Gasteiger partial charge in [-0.05, 0) is 30.7 Å². The number of amides is 1. The minimum Gasteiger partial charge on any atom is -0.326 e. The van der Waals surface area contributed by atoms with Crippen molar-refractivity contribution in [2.75, 3.05) is 5.32 Å². The lowest BCUT2D eigenvalue weighted by Gasteiger charge is -2.17. The summed E-state index contributed by atoms with van der Waals surface area (Å²) >= 11 is 1.64. The highest BCUT2D eigenvalue weighted by Gasteiger charge is 2.21. The number of imidazole rings is 1. The Balaban J connectivity index is 1.48. The third-order valence-electron chi connectivity index (χ3n) is 4.73. The molecule has 4 aromatic rings. The third-order valence-corrected chi connectivity index (χ3v) is 5.58. The number of pyridine rings is 1. The summed E-state index contributed by atoms with van der Waals surface area (Å²) in [4.78, 5) is 21.6. The van der Waals surface area contributed by atoms with Gasteiger partial charge in [0.2, 0.25) is 5.91 Å². The number of nitrogens with zero attached hydrogens (tertiary/aromatic N) is 3. The van der Waals surface area contributed by atoms with Crippen LogP contribution >= 0.6 is 11.3 Å². The van der Waals surface area contributed by atoms with Crippen LogP contribution in [0.5, 0.6) is 0 Å². The van der Waals surface area contributed by atoms with E-state index >= 15 is 0 Å². The molecule has 0 atom stereocenters. The van der Waals surface area contributed by atoms with Gasteiger partial charge in [0.1, 0.15) is 5.65 Å². The average molecular weight is 405 g/mol. The van der Waals surface area contributed by atoms with Crippen molar-refractivity contribution in [3.63, 3.8) is 0 Å². The highest BCUT2D eigenvalue weighted by molar-refractivity contribution is 7.10. The Kier molecular flexibility index (Phi) is 4.96. The minimum atomic E-state index is -0.418. The molecule has 1 N–H and O–H groups in total. The second-order valence-corrected chi connectivity index (χ2v) is 9.18. The van der Waals surface area contributed by atoms with E-state index in [9.17, 15) is 4.79 Å². The summed E-state index contributed by atoms with van der Waals surface area (Å²) in [5, 5.41) is 6.05. The summed E-state index contributed by atoms with van der Waals surface area (Å²) in [6, 6.07) is 11.9. The van der Waals surface area contributed by atoms with E-state index in [2.05, 4.69) is 34.3 Å². The lowest BCUT2D eigenvalue weighted by Crippen LogP contribution is -2.27. The van der Waals surface area contributed by atoms with Crippen molar-refractivity contribution < 1.29 is 4.79 Å². The number of nitrogens with one attached hydrogen (secondary N) is 1. The zero-order valence-electron chi connectivity index (χ0n) is 17.1. The van der Waals surface area contributed by atoms with Gasteiger partial charge in [-0.25, -0.2) is 9.97 Å². The lowest BCUT2D eigenvalue weighted by molar-refractivity contribution is -0.123. The number of anilines is 1. The number of aromatic nitrogens is 3. The molecule has 0 spiro atoms. The normalized spacial score (nSPS) is 11.7. The van der Waals surface area contributed by atoms with Crippen molar-refractivity contribution in [1.29, 1.82) is 0 Å². The molecule has 29 heavy (non-hydrogen) atoms. The summed E-state index contributed by atoms with van der Waals surface area (Å²) in [6.07, 6.45) is 4.80. The van der Waals surface area contributed by atoms with Crippen molar-refractivity contribution >= 4 is 28.6 Å². The van der Waals surface area contributed by atoms with Gasteiger partial charge in [0.05, 0.1) is 16.4 Å². The smallest absolute Gasteiger partial charge is 0.229 e. The first kappa shape index (κ1) is 19.3. The van der Waals surface area contributed by atoms with Crippen molar-refractivity contribution in [2.45, 2.75) is 34.1 Å². The molecular formula is C23H24N4OS. The molecule has 0 unspecified atom stereocenters. The van der Waals surface area contributed by atoms with E-state index in [1.54, 1.807) is 11.3 Å². The van der Waals surface area contributed by atoms with E-state index in [0.29, 0.717) is 6.42 Å². The Labute approximate surface area is 174 Å². The quantitative estimate of drug-likeness (QED) is 0.499. The van der Waals surface area contributed by atoms with Crippen molar-refractivity contribution in [3.8, 4) is 11.3 Å². The van der Waals surface area contributed by atoms with Crippen LogP contribution in [-0.4, -0.2) is 20.3 Å². The van der Waals surface area contributed by atoms with Gasteiger partial charge in [-0.1, -0.05) is 39.0 Å². The number of carbonyl (C=O) groups excluding carboxylic acids is 1. The van der Waals surface area contributed by atoms with Crippen LogP contribution < -0.4 is 5.32 Å². The topological polar surface area (TPSA) is 59.3 Å². The van der Waals surface area contributed by atoms with E-state index in [1.807, 2.05) is 57.3 Å². The fourth-order valence-corrected chi connectivity index (χ4v) is 3.83. The summed E-state index contributed by atoms with van der Waals surface area (Å²) in [6.45, 7) is 7.77. The van der Waals surface area contributed by atoms with E-state index in [1.165, 1.54) is 0 Å². The predicted octanol–water partition coefficient (Wildman–Crippen LogP) is 5.34. The van der Waals surface area contributed by atoms with Gasteiger partial charge in [0.25, 0.3) is 0 Å². The maximum absolute atomic E-state index is 12.1. The largest absolute Gasteiger partial charge is 0.326 e. The van der Waals surface area contributed by atoms with Crippen molar-refractivity contribution in [1.82, 2.24) is 14.4 Å². The Morgan fingerprint density at radius 1 is 1.14 bits per heavy atom. The summed E-state index contributed by atoms with van der Waals surface area (Å²) in [7, 11) is 0. The molecule has 0 aliphatic carbocycles. The van der Waals surface area contributed by atoms with Gasteiger partial charge in [0, 0.05) is 40.9 Å². The van der Waals surface area contributed by atoms with E-state index in [4.69, 9.17) is 9.97 Å². The molecule has 3 aromatic heterocycles. The molecule has 4 rings (SSSR count). The zero-order chi connectivity index (χ0) is 20.6. The second kappa shape index (κ2) is 7.44. The van der Waals surface area contributed by atoms with Crippen LogP contribution in [0, 0.1) is 12.3 Å². The first-order valence-electron chi connectivity index (χ1n) is 9.59. The summed E-state index contributed by atoms with van der Waals surface area (Å²) in [5.74, 6) is 0.00360. The monoisotopic (exact) mass is 404 g/mol. The van der Waals surface area contributed by atoms with Crippen molar-refractivity contribution in [3.05, 3.63) is 70.4 Å². The minimum absolute atomic E-state index is 0.00360. The number of benzene rings is 1. The summed E-state index contributed by atoms with van der Waals surface area (Å²) < 4.78 is 2.06. The molecule has 3 heterocycles. The van der Waals surface area contributed by atoms with Crippen LogP contribution in [0.15, 0.2) is 54.2 Å². The van der Waals surface area contributed by atoms with Crippen LogP contribution in [0.2, 0.25) is 0 Å². The first-order chi connectivity index (χ1) is 13.8. The molecule has 1 amide bonds. The molecule has 0 saturated carbocycles. The van der Waals surface area contributed by atoms with Gasteiger partial charge in [-0.2, -0.15) is 0 Å². The Morgan fingerprint density at radius 3 is 2.59 bits per heavy atom. The number of thiazole rings is 1. The number of aryl methyl sites for hydroxylation is 1. The number of rotatable bonds is 4. The van der Waals surface area contributed by atoms with Crippen LogP contribution in [0.3, 0.4) is 0 Å². The second-order valence-electron chi connectivity index (χ2n) is 8.24. The number of fused-ring (bicyclic) bond motifs is 1. The molecule has 0 fully saturated rings. The maximum Gasteiger partial charge on any atom is 0.229 e. The zero-order valence-corrected chi connectivity index (χ0v) is 17.9. The SMILES string of the molecule is Cc1cccn2cc(Cc3nc(-c4ccc(NC(=O)C(C)(C)C)cc4)cs3)nc12. The molecule has 5 nitrogen and oxygen atoms in total. The standard InChI is InChI=1S/C23H24N4OS/c1-15-6-5-11-27-13-18(24-21(15)27)12-20-26-19(14-29-20)16-7-9-17(10-8-16)25-22(28)23(2,3)4/h5-11,13-14H,12H2,1-4H3,(H,25,28). The number of hydrogen-bond acceptors (Lipinski definition) is 4. The van der Waals surface area contributed by atoms with Crippen LogP contribution in [0.4, 0.5) is 5.69 Å². The van der Waals surface area contributed by atoms with E-state index in [0.717, 1.165) is 38.9 Å². The Hall–Kier alpha value is -2.99. The van der Waals surface area contributed by atoms with Gasteiger partial charge in [-0.15, -0.1) is 11.3 Å². The molecule has 148 valence electrons. The number of carbonyl (C=O) groups is 1. The fraction of sp³-hybridized carbons (Fsp3) is 0.261. The average Bonchev–Trinajstić information content (AvgIpc) is 3.29. The van der Waals surface area contributed by atoms with Crippen LogP contribution in [0.1, 0.15) is 37.0 Å². The predicted molar refractivity (Wildman–Crippen MR) is 118 cm³/mol.